The molecule has 1 heterocycles. The topological polar surface area (TPSA) is 42.0 Å². The van der Waals surface area contributed by atoms with Gasteiger partial charge in [-0.1, -0.05) is 34.1 Å². The van der Waals surface area contributed by atoms with Crippen LogP contribution in [0, 0.1) is 6.92 Å². The van der Waals surface area contributed by atoms with Crippen molar-refractivity contribution in [1.82, 2.24) is 4.98 Å². The number of aryl methyl sites for hydroxylation is 1. The molecule has 0 aliphatic rings. The molecule has 2 rings (SSSR count). The van der Waals surface area contributed by atoms with E-state index in [0.29, 0.717) is 0 Å². The number of pyridine rings is 1. The van der Waals surface area contributed by atoms with E-state index in [4.69, 9.17) is 0 Å². The maximum absolute atomic E-state index is 11.8. The summed E-state index contributed by atoms with van der Waals surface area (Å²) in [7, 11) is 0. The normalized spacial score (nSPS) is 10.6. The largest absolute Gasteiger partial charge is 0.321 e. The van der Waals surface area contributed by atoms with Gasteiger partial charge in [-0.3, -0.25) is 9.78 Å². The molecule has 0 aliphatic carbocycles. The Balaban J connectivity index is 2.06. The average Bonchev–Trinajstić information content (AvgIpc) is 2.40. The first kappa shape index (κ1) is 13.5. The summed E-state index contributed by atoms with van der Waals surface area (Å²) >= 11 is 3.43. The van der Waals surface area contributed by atoms with Crippen LogP contribution >= 0.6 is 15.9 Å². The van der Waals surface area contributed by atoms with Gasteiger partial charge in [0.2, 0.25) is 5.91 Å². The van der Waals surface area contributed by atoms with Gasteiger partial charge in [0.05, 0.1) is 11.9 Å². The van der Waals surface area contributed by atoms with E-state index in [0.717, 1.165) is 21.3 Å². The van der Waals surface area contributed by atoms with E-state index in [9.17, 15) is 4.79 Å². The molecule has 0 aliphatic heterocycles. The molecule has 4 heteroatoms. The van der Waals surface area contributed by atoms with Crippen LogP contribution in [-0.4, -0.2) is 10.9 Å². The molecule has 0 unspecified atom stereocenters. The summed E-state index contributed by atoms with van der Waals surface area (Å²) in [5.74, 6) is -0.174. The molecule has 1 amide bonds. The lowest BCUT2D eigenvalue weighted by molar-refractivity contribution is -0.111. The van der Waals surface area contributed by atoms with Crippen molar-refractivity contribution in [2.45, 2.75) is 6.92 Å². The Hall–Kier alpha value is -1.94. The summed E-state index contributed by atoms with van der Waals surface area (Å²) in [5, 5.41) is 2.80. The van der Waals surface area contributed by atoms with E-state index < -0.39 is 0 Å². The van der Waals surface area contributed by atoms with E-state index in [2.05, 4.69) is 26.2 Å². The second-order valence-corrected chi connectivity index (χ2v) is 4.89. The minimum absolute atomic E-state index is 0.174. The first-order chi connectivity index (χ1) is 9.16. The van der Waals surface area contributed by atoms with Gasteiger partial charge in [0.15, 0.2) is 0 Å². The van der Waals surface area contributed by atoms with Gasteiger partial charge in [-0.25, -0.2) is 0 Å². The van der Waals surface area contributed by atoms with Gasteiger partial charge in [-0.05, 0) is 36.3 Å². The number of nitrogens with zero attached hydrogens (tertiary/aromatic N) is 1. The van der Waals surface area contributed by atoms with Gasteiger partial charge in [-0.15, -0.1) is 0 Å². The zero-order valence-electron chi connectivity index (χ0n) is 10.4. The van der Waals surface area contributed by atoms with Crippen LogP contribution in [0.1, 0.15) is 11.1 Å². The molecule has 0 spiro atoms. The summed E-state index contributed by atoms with van der Waals surface area (Å²) in [6.45, 7) is 1.93. The number of hydrogen-bond donors (Lipinski definition) is 1. The molecule has 1 N–H and O–H groups in total. The summed E-state index contributed by atoms with van der Waals surface area (Å²) in [5.41, 5.74) is 2.67. The van der Waals surface area contributed by atoms with E-state index in [1.165, 1.54) is 6.08 Å². The van der Waals surface area contributed by atoms with Crippen molar-refractivity contribution in [1.29, 1.82) is 0 Å². The number of aromatic nitrogens is 1. The number of carbonyl (C=O) groups excluding carboxylic acids is 1. The van der Waals surface area contributed by atoms with Gasteiger partial charge in [0.1, 0.15) is 0 Å². The fourth-order valence-electron chi connectivity index (χ4n) is 1.54. The molecule has 0 saturated carbocycles. The number of carbonyl (C=O) groups is 1. The van der Waals surface area contributed by atoms with Crippen LogP contribution in [0.5, 0.6) is 0 Å². The Labute approximate surface area is 120 Å². The maximum Gasteiger partial charge on any atom is 0.248 e. The quantitative estimate of drug-likeness (QED) is 0.875. The summed E-state index contributed by atoms with van der Waals surface area (Å²) in [6, 6.07) is 9.58. The zero-order chi connectivity index (χ0) is 13.7. The van der Waals surface area contributed by atoms with Crippen LogP contribution in [0.3, 0.4) is 0 Å². The second kappa shape index (κ2) is 6.29. The van der Waals surface area contributed by atoms with E-state index in [1.54, 1.807) is 18.5 Å². The lowest BCUT2D eigenvalue weighted by Crippen LogP contribution is -2.09. The van der Waals surface area contributed by atoms with Gasteiger partial charge < -0.3 is 5.32 Å². The Morgan fingerprint density at radius 3 is 2.84 bits per heavy atom. The summed E-state index contributed by atoms with van der Waals surface area (Å²) in [6.07, 6.45) is 6.61. The number of hydrogen-bond acceptors (Lipinski definition) is 2. The molecule has 2 aromatic rings. The van der Waals surface area contributed by atoms with Crippen LogP contribution in [0.4, 0.5) is 5.69 Å². The van der Waals surface area contributed by atoms with Gasteiger partial charge in [0.25, 0.3) is 0 Å². The molecule has 96 valence electrons. The minimum Gasteiger partial charge on any atom is -0.321 e. The van der Waals surface area contributed by atoms with Crippen LogP contribution in [0.15, 0.2) is 53.3 Å². The lowest BCUT2D eigenvalue weighted by Gasteiger charge is -2.04. The van der Waals surface area contributed by atoms with Gasteiger partial charge in [0, 0.05) is 16.7 Å². The molecule has 0 bridgehead atoms. The molecular formula is C15H13BrN2O. The Morgan fingerprint density at radius 1 is 1.32 bits per heavy atom. The molecule has 3 nitrogen and oxygen atoms in total. The van der Waals surface area contributed by atoms with Crippen molar-refractivity contribution in [2.75, 3.05) is 5.32 Å². The van der Waals surface area contributed by atoms with Gasteiger partial charge in [-0.2, -0.15) is 0 Å². The molecule has 0 atom stereocenters. The van der Waals surface area contributed by atoms with Crippen molar-refractivity contribution < 1.29 is 4.79 Å². The third-order valence-electron chi connectivity index (χ3n) is 2.62. The third-order valence-corrected chi connectivity index (χ3v) is 3.34. The standard InChI is InChI=1S/C15H13BrN2O/c1-11-8-9-17-10-14(11)18-15(19)7-6-12-4-2-3-5-13(12)16/h2-10H,1H3,(H,18,19). The molecule has 0 fully saturated rings. The smallest absolute Gasteiger partial charge is 0.248 e. The number of nitrogens with one attached hydrogen (secondary N) is 1. The fraction of sp³-hybridized carbons (Fsp3) is 0.0667. The van der Waals surface area contributed by atoms with Crippen molar-refractivity contribution >= 4 is 33.6 Å². The van der Waals surface area contributed by atoms with Crippen LogP contribution in [0.25, 0.3) is 6.08 Å². The fourth-order valence-corrected chi connectivity index (χ4v) is 1.96. The summed E-state index contributed by atoms with van der Waals surface area (Å²) < 4.78 is 0.955. The Kier molecular flexibility index (Phi) is 4.47. The van der Waals surface area contributed by atoms with Crippen molar-refractivity contribution in [3.63, 3.8) is 0 Å². The van der Waals surface area contributed by atoms with E-state index in [1.807, 2.05) is 37.3 Å². The Morgan fingerprint density at radius 2 is 2.11 bits per heavy atom. The number of amides is 1. The second-order valence-electron chi connectivity index (χ2n) is 4.03. The number of anilines is 1. The minimum atomic E-state index is -0.174. The molecule has 0 radical (unpaired) electrons. The first-order valence-electron chi connectivity index (χ1n) is 5.81. The van der Waals surface area contributed by atoms with Crippen molar-refractivity contribution in [3.8, 4) is 0 Å². The molecule has 0 saturated heterocycles. The number of rotatable bonds is 3. The van der Waals surface area contributed by atoms with E-state index >= 15 is 0 Å². The van der Waals surface area contributed by atoms with E-state index in [-0.39, 0.29) is 5.91 Å². The summed E-state index contributed by atoms with van der Waals surface area (Å²) in [4.78, 5) is 15.8. The number of benzene rings is 1. The predicted octanol–water partition coefficient (Wildman–Crippen LogP) is 3.80. The number of halogens is 1. The monoisotopic (exact) mass is 316 g/mol. The highest BCUT2D eigenvalue weighted by molar-refractivity contribution is 9.10. The van der Waals surface area contributed by atoms with Crippen LogP contribution in [0.2, 0.25) is 0 Å². The first-order valence-corrected chi connectivity index (χ1v) is 6.60. The lowest BCUT2D eigenvalue weighted by atomic mass is 10.2. The molecular weight excluding hydrogens is 304 g/mol. The predicted molar refractivity (Wildman–Crippen MR) is 80.8 cm³/mol. The van der Waals surface area contributed by atoms with Gasteiger partial charge >= 0.3 is 0 Å². The average molecular weight is 317 g/mol. The highest BCUT2D eigenvalue weighted by atomic mass is 79.9. The maximum atomic E-state index is 11.8. The SMILES string of the molecule is Cc1ccncc1NC(=O)C=Cc1ccccc1Br. The highest BCUT2D eigenvalue weighted by Gasteiger charge is 2.01. The van der Waals surface area contributed by atoms with Crippen molar-refractivity contribution in [2.24, 2.45) is 0 Å². The molecule has 1 aromatic heterocycles. The Bertz CT molecular complexity index is 623. The zero-order valence-corrected chi connectivity index (χ0v) is 12.0. The molecule has 1 aromatic carbocycles. The van der Waals surface area contributed by atoms with Crippen molar-refractivity contribution in [3.05, 3.63) is 64.4 Å². The highest BCUT2D eigenvalue weighted by Crippen LogP contribution is 2.17. The third kappa shape index (κ3) is 3.76. The molecule has 19 heavy (non-hydrogen) atoms. The van der Waals surface area contributed by atoms with Crippen LogP contribution < -0.4 is 5.32 Å². The van der Waals surface area contributed by atoms with Crippen LogP contribution in [-0.2, 0) is 4.79 Å².